The number of pyridine rings is 2. The minimum atomic E-state index is -0.174. The SMILES string of the molecule is CCOC(=O)C[C@H](/C=C/CCCCc1ccc2c(n1)NCCC2)c1cnc2ccccc2c1. The zero-order chi connectivity index (χ0) is 22.9. The fourth-order valence-corrected chi connectivity index (χ4v) is 4.32. The van der Waals surface area contributed by atoms with E-state index in [1.54, 1.807) is 0 Å². The zero-order valence-corrected chi connectivity index (χ0v) is 19.4. The van der Waals surface area contributed by atoms with Crippen molar-refractivity contribution in [2.75, 3.05) is 18.5 Å². The Balaban J connectivity index is 1.33. The van der Waals surface area contributed by atoms with Crippen LogP contribution in [0.5, 0.6) is 0 Å². The number of aromatic nitrogens is 2. The lowest BCUT2D eigenvalue weighted by Crippen LogP contribution is -2.13. The second-order valence-electron chi connectivity index (χ2n) is 8.59. The lowest BCUT2D eigenvalue weighted by Gasteiger charge is -2.17. The van der Waals surface area contributed by atoms with Gasteiger partial charge in [-0.25, -0.2) is 4.98 Å². The van der Waals surface area contributed by atoms with Crippen LogP contribution in [0.1, 0.15) is 61.8 Å². The van der Waals surface area contributed by atoms with Gasteiger partial charge in [0.1, 0.15) is 5.82 Å². The van der Waals surface area contributed by atoms with Gasteiger partial charge in [-0.3, -0.25) is 9.78 Å². The number of carbonyl (C=O) groups is 1. The van der Waals surface area contributed by atoms with Crippen molar-refractivity contribution in [3.63, 3.8) is 0 Å². The normalized spacial score (nSPS) is 14.1. The second-order valence-corrected chi connectivity index (χ2v) is 8.59. The van der Waals surface area contributed by atoms with Crippen LogP contribution < -0.4 is 5.32 Å². The van der Waals surface area contributed by atoms with E-state index in [0.29, 0.717) is 13.0 Å². The predicted molar refractivity (Wildman–Crippen MR) is 133 cm³/mol. The number of ether oxygens (including phenoxy) is 1. The minimum absolute atomic E-state index is 0.0328. The van der Waals surface area contributed by atoms with Gasteiger partial charge in [0, 0.05) is 29.7 Å². The Bertz CT molecular complexity index is 1110. The first-order valence-electron chi connectivity index (χ1n) is 12.1. The molecule has 0 spiro atoms. The largest absolute Gasteiger partial charge is 0.466 e. The zero-order valence-electron chi connectivity index (χ0n) is 19.4. The molecule has 3 heterocycles. The van der Waals surface area contributed by atoms with E-state index in [4.69, 9.17) is 9.72 Å². The number of benzene rings is 1. The number of hydrogen-bond acceptors (Lipinski definition) is 5. The van der Waals surface area contributed by atoms with Gasteiger partial charge in [0.2, 0.25) is 0 Å². The Morgan fingerprint density at radius 2 is 2.12 bits per heavy atom. The summed E-state index contributed by atoms with van der Waals surface area (Å²) in [4.78, 5) is 21.6. The summed E-state index contributed by atoms with van der Waals surface area (Å²) in [6.45, 7) is 3.26. The van der Waals surface area contributed by atoms with Gasteiger partial charge in [0.05, 0.1) is 18.5 Å². The van der Waals surface area contributed by atoms with Crippen LogP contribution in [0.15, 0.2) is 60.8 Å². The number of aryl methyl sites for hydroxylation is 2. The molecule has 0 saturated carbocycles. The van der Waals surface area contributed by atoms with E-state index < -0.39 is 0 Å². The Morgan fingerprint density at radius 1 is 1.21 bits per heavy atom. The van der Waals surface area contributed by atoms with Gasteiger partial charge in [-0.2, -0.15) is 0 Å². The molecule has 172 valence electrons. The maximum Gasteiger partial charge on any atom is 0.306 e. The van der Waals surface area contributed by atoms with Crippen LogP contribution in [-0.4, -0.2) is 29.1 Å². The Kier molecular flexibility index (Phi) is 8.07. The molecule has 5 heteroatoms. The summed E-state index contributed by atoms with van der Waals surface area (Å²) in [5.41, 5.74) is 4.51. The topological polar surface area (TPSA) is 64.1 Å². The van der Waals surface area contributed by atoms with Gasteiger partial charge in [-0.1, -0.05) is 36.4 Å². The van der Waals surface area contributed by atoms with Crippen molar-refractivity contribution in [3.8, 4) is 0 Å². The third-order valence-electron chi connectivity index (χ3n) is 6.11. The molecule has 1 aliphatic rings. The van der Waals surface area contributed by atoms with Crippen LogP contribution in [0.25, 0.3) is 10.9 Å². The summed E-state index contributed by atoms with van der Waals surface area (Å²) in [7, 11) is 0. The first kappa shape index (κ1) is 23.0. The summed E-state index contributed by atoms with van der Waals surface area (Å²) in [6.07, 6.45) is 13.0. The van der Waals surface area contributed by atoms with Crippen molar-refractivity contribution < 1.29 is 9.53 Å². The molecule has 0 unspecified atom stereocenters. The molecule has 33 heavy (non-hydrogen) atoms. The van der Waals surface area contributed by atoms with Gasteiger partial charge in [0.25, 0.3) is 0 Å². The van der Waals surface area contributed by atoms with Gasteiger partial charge in [-0.05, 0) is 74.8 Å². The molecule has 0 aliphatic carbocycles. The number of nitrogens with one attached hydrogen (secondary N) is 1. The Labute approximate surface area is 196 Å². The van der Waals surface area contributed by atoms with E-state index in [2.05, 4.69) is 46.7 Å². The van der Waals surface area contributed by atoms with Gasteiger partial charge < -0.3 is 10.1 Å². The van der Waals surface area contributed by atoms with Crippen molar-refractivity contribution in [1.82, 2.24) is 9.97 Å². The molecule has 0 fully saturated rings. The molecule has 1 aromatic carbocycles. The molecular weight excluding hydrogens is 410 g/mol. The van der Waals surface area contributed by atoms with Crippen molar-refractivity contribution in [2.45, 2.75) is 57.8 Å². The van der Waals surface area contributed by atoms with Crippen LogP contribution in [0.4, 0.5) is 5.82 Å². The number of esters is 1. The highest BCUT2D eigenvalue weighted by molar-refractivity contribution is 5.79. The summed E-state index contributed by atoms with van der Waals surface area (Å²) in [6, 6.07) is 14.6. The van der Waals surface area contributed by atoms with E-state index in [9.17, 15) is 4.79 Å². The second kappa shape index (κ2) is 11.6. The fourth-order valence-electron chi connectivity index (χ4n) is 4.32. The van der Waals surface area contributed by atoms with E-state index >= 15 is 0 Å². The molecule has 0 radical (unpaired) electrons. The van der Waals surface area contributed by atoms with Crippen molar-refractivity contribution >= 4 is 22.7 Å². The van der Waals surface area contributed by atoms with Crippen LogP contribution in [-0.2, 0) is 22.4 Å². The summed E-state index contributed by atoms with van der Waals surface area (Å²) < 4.78 is 5.21. The first-order valence-corrected chi connectivity index (χ1v) is 12.1. The van der Waals surface area contributed by atoms with Crippen LogP contribution >= 0.6 is 0 Å². The predicted octanol–water partition coefficient (Wildman–Crippen LogP) is 5.99. The van der Waals surface area contributed by atoms with E-state index in [-0.39, 0.29) is 11.9 Å². The molecular formula is C28H33N3O2. The third kappa shape index (κ3) is 6.41. The number of carbonyl (C=O) groups excluding carboxylic acids is 1. The maximum atomic E-state index is 12.2. The number of hydrogen-bond donors (Lipinski definition) is 1. The van der Waals surface area contributed by atoms with Gasteiger partial charge >= 0.3 is 5.97 Å². The minimum Gasteiger partial charge on any atom is -0.466 e. The quantitative estimate of drug-likeness (QED) is 0.237. The fraction of sp³-hybridized carbons (Fsp3) is 0.393. The molecule has 4 rings (SSSR count). The van der Waals surface area contributed by atoms with Crippen LogP contribution in [0, 0.1) is 0 Å². The Morgan fingerprint density at radius 3 is 3.03 bits per heavy atom. The molecule has 0 saturated heterocycles. The molecule has 3 aromatic rings. The molecule has 1 N–H and O–H groups in total. The van der Waals surface area contributed by atoms with Crippen molar-refractivity contribution in [2.24, 2.45) is 0 Å². The number of nitrogens with zero attached hydrogens (tertiary/aromatic N) is 2. The first-order chi connectivity index (χ1) is 16.2. The smallest absolute Gasteiger partial charge is 0.306 e. The molecule has 2 aromatic heterocycles. The summed E-state index contributed by atoms with van der Waals surface area (Å²) in [5, 5.41) is 4.50. The lowest BCUT2D eigenvalue weighted by molar-refractivity contribution is -0.143. The molecule has 1 atom stereocenters. The standard InChI is InChI=1S/C28H33N3O2/c1-2-33-27(32)19-22(24-18-23-11-7-8-14-26(23)30-20-24)10-5-3-4-6-13-25-16-15-21-12-9-17-29-28(21)31-25/h5,7-8,10-11,14-16,18,20,22H,2-4,6,9,12-13,17,19H2,1H3,(H,29,31)/b10-5+/t22-/m0/s1. The number of rotatable bonds is 10. The summed E-state index contributed by atoms with van der Waals surface area (Å²) in [5.74, 6) is 0.867. The Hall–Kier alpha value is -3.21. The number of fused-ring (bicyclic) bond motifs is 2. The molecule has 1 aliphatic heterocycles. The number of para-hydroxylation sites is 1. The average molecular weight is 444 g/mol. The van der Waals surface area contributed by atoms with E-state index in [0.717, 1.165) is 66.6 Å². The van der Waals surface area contributed by atoms with E-state index in [1.807, 2.05) is 31.3 Å². The monoisotopic (exact) mass is 443 g/mol. The highest BCUT2D eigenvalue weighted by Gasteiger charge is 2.15. The highest BCUT2D eigenvalue weighted by Crippen LogP contribution is 2.25. The third-order valence-corrected chi connectivity index (χ3v) is 6.11. The number of unbranched alkanes of at least 4 members (excludes halogenated alkanes) is 2. The van der Waals surface area contributed by atoms with Crippen LogP contribution in [0.3, 0.4) is 0 Å². The molecule has 5 nitrogen and oxygen atoms in total. The lowest BCUT2D eigenvalue weighted by atomic mass is 9.95. The van der Waals surface area contributed by atoms with Gasteiger partial charge in [0.15, 0.2) is 0 Å². The van der Waals surface area contributed by atoms with Crippen LogP contribution in [0.2, 0.25) is 0 Å². The number of allylic oxidation sites excluding steroid dienone is 2. The maximum absolute atomic E-state index is 12.2. The highest BCUT2D eigenvalue weighted by atomic mass is 16.5. The average Bonchev–Trinajstić information content (AvgIpc) is 2.85. The molecule has 0 bridgehead atoms. The number of anilines is 1. The van der Waals surface area contributed by atoms with Crippen molar-refractivity contribution in [3.05, 3.63) is 77.6 Å². The van der Waals surface area contributed by atoms with E-state index in [1.165, 1.54) is 12.0 Å². The van der Waals surface area contributed by atoms with Crippen molar-refractivity contribution in [1.29, 1.82) is 0 Å². The van der Waals surface area contributed by atoms with Gasteiger partial charge in [-0.15, -0.1) is 0 Å². The summed E-state index contributed by atoms with van der Waals surface area (Å²) >= 11 is 0. The molecule has 0 amide bonds.